The maximum atomic E-state index is 13.3. The third kappa shape index (κ3) is 2.78. The van der Waals surface area contributed by atoms with Crippen LogP contribution in [0.1, 0.15) is 28.5 Å². The number of nitrogens with zero attached hydrogens (tertiary/aromatic N) is 3. The third-order valence-corrected chi connectivity index (χ3v) is 4.99. The lowest BCUT2D eigenvalue weighted by molar-refractivity contribution is 0.0941. The Morgan fingerprint density at radius 1 is 1.21 bits per heavy atom. The molecule has 1 unspecified atom stereocenters. The zero-order valence-corrected chi connectivity index (χ0v) is 15.9. The molecule has 4 rings (SSSR count). The smallest absolute Gasteiger partial charge is 0.277 e. The van der Waals surface area contributed by atoms with Gasteiger partial charge in [-0.2, -0.15) is 0 Å². The van der Waals surface area contributed by atoms with Gasteiger partial charge in [0.1, 0.15) is 35.0 Å². The fourth-order valence-corrected chi connectivity index (χ4v) is 3.66. The minimum Gasteiger partial charge on any atom is -0.384 e. The van der Waals surface area contributed by atoms with Gasteiger partial charge in [-0.1, -0.05) is 41.4 Å². The van der Waals surface area contributed by atoms with Gasteiger partial charge in [0.05, 0.1) is 5.02 Å². The molecule has 0 aliphatic carbocycles. The SMILES string of the molecule is Cc1cccc(C2(C)NC(=O)c3c(Cl)cc(Nc4cc(N)ncn4)c(=O)n32)c1. The van der Waals surface area contributed by atoms with E-state index in [0.29, 0.717) is 5.82 Å². The molecule has 8 nitrogen and oxygen atoms in total. The van der Waals surface area contributed by atoms with Crippen LogP contribution >= 0.6 is 11.6 Å². The molecule has 0 fully saturated rings. The fourth-order valence-electron chi connectivity index (χ4n) is 3.38. The molecule has 1 aromatic carbocycles. The van der Waals surface area contributed by atoms with Crippen molar-refractivity contribution in [3.05, 3.63) is 74.9 Å². The second-order valence-corrected chi connectivity index (χ2v) is 7.15. The zero-order chi connectivity index (χ0) is 20.1. The van der Waals surface area contributed by atoms with Crippen LogP contribution in [0, 0.1) is 6.92 Å². The van der Waals surface area contributed by atoms with E-state index >= 15 is 0 Å². The maximum Gasteiger partial charge on any atom is 0.277 e. The Kier molecular flexibility index (Phi) is 4.08. The number of nitrogen functional groups attached to an aromatic ring is 1. The fraction of sp³-hybridized carbons (Fsp3) is 0.158. The summed E-state index contributed by atoms with van der Waals surface area (Å²) in [5, 5.41) is 5.95. The van der Waals surface area contributed by atoms with Gasteiger partial charge in [0.2, 0.25) is 0 Å². The van der Waals surface area contributed by atoms with Gasteiger partial charge in [-0.15, -0.1) is 0 Å². The lowest BCUT2D eigenvalue weighted by atomic mass is 9.99. The van der Waals surface area contributed by atoms with Gasteiger partial charge in [-0.05, 0) is 25.5 Å². The molecule has 3 heterocycles. The molecule has 3 aromatic rings. The van der Waals surface area contributed by atoms with Crippen molar-refractivity contribution in [2.24, 2.45) is 0 Å². The number of aryl methyl sites for hydroxylation is 1. The third-order valence-electron chi connectivity index (χ3n) is 4.70. The van der Waals surface area contributed by atoms with Crippen molar-refractivity contribution < 1.29 is 4.79 Å². The van der Waals surface area contributed by atoms with E-state index in [2.05, 4.69) is 20.6 Å². The molecule has 4 N–H and O–H groups in total. The van der Waals surface area contributed by atoms with E-state index in [9.17, 15) is 9.59 Å². The van der Waals surface area contributed by atoms with Crippen molar-refractivity contribution in [3.63, 3.8) is 0 Å². The molecule has 1 atom stereocenters. The lowest BCUT2D eigenvalue weighted by Crippen LogP contribution is -2.46. The number of pyridine rings is 1. The van der Waals surface area contributed by atoms with Crippen LogP contribution in [0.5, 0.6) is 0 Å². The Balaban J connectivity index is 1.91. The van der Waals surface area contributed by atoms with Crippen molar-refractivity contribution in [2.45, 2.75) is 19.5 Å². The van der Waals surface area contributed by atoms with E-state index in [1.807, 2.05) is 31.2 Å². The average molecular weight is 397 g/mol. The van der Waals surface area contributed by atoms with Crippen molar-refractivity contribution >= 4 is 34.8 Å². The van der Waals surface area contributed by atoms with E-state index in [-0.39, 0.29) is 22.2 Å². The highest BCUT2D eigenvalue weighted by Crippen LogP contribution is 2.33. The van der Waals surface area contributed by atoms with E-state index in [1.165, 1.54) is 23.0 Å². The van der Waals surface area contributed by atoms with Crippen LogP contribution in [0.2, 0.25) is 5.02 Å². The van der Waals surface area contributed by atoms with Crippen LogP contribution in [0.15, 0.2) is 47.5 Å². The molecule has 0 saturated carbocycles. The van der Waals surface area contributed by atoms with Crippen LogP contribution in [-0.4, -0.2) is 20.4 Å². The lowest BCUT2D eigenvalue weighted by Gasteiger charge is -2.28. The molecule has 0 bridgehead atoms. The standard InChI is InChI=1S/C19H17ClN6O2/c1-10-4-3-5-11(6-10)19(2)25-17(27)16-12(20)7-13(18(28)26(16)19)24-15-8-14(21)22-9-23-15/h3-9H,1-2H3,(H,25,27)(H3,21,22,23,24). The molecule has 0 radical (unpaired) electrons. The van der Waals surface area contributed by atoms with Crippen molar-refractivity contribution in [1.82, 2.24) is 19.9 Å². The number of nitrogens with two attached hydrogens (primary N) is 1. The number of carbonyl (C=O) groups is 1. The highest BCUT2D eigenvalue weighted by atomic mass is 35.5. The van der Waals surface area contributed by atoms with Gasteiger partial charge in [-0.3, -0.25) is 14.2 Å². The van der Waals surface area contributed by atoms with Gasteiger partial charge < -0.3 is 16.4 Å². The summed E-state index contributed by atoms with van der Waals surface area (Å²) in [5.41, 5.74) is 6.22. The Labute approximate surface area is 165 Å². The quantitative estimate of drug-likeness (QED) is 0.626. The summed E-state index contributed by atoms with van der Waals surface area (Å²) in [6.07, 6.45) is 1.28. The minimum absolute atomic E-state index is 0.114. The highest BCUT2D eigenvalue weighted by molar-refractivity contribution is 6.34. The number of rotatable bonds is 3. The Hall–Kier alpha value is -3.39. The molecular formula is C19H17ClN6O2. The number of benzene rings is 1. The van der Waals surface area contributed by atoms with E-state index in [4.69, 9.17) is 17.3 Å². The second kappa shape index (κ2) is 6.35. The number of aromatic nitrogens is 3. The van der Waals surface area contributed by atoms with E-state index in [0.717, 1.165) is 11.1 Å². The Morgan fingerprint density at radius 2 is 2.00 bits per heavy atom. The second-order valence-electron chi connectivity index (χ2n) is 6.74. The minimum atomic E-state index is -1.08. The predicted molar refractivity (Wildman–Crippen MR) is 107 cm³/mol. The van der Waals surface area contributed by atoms with Crippen LogP contribution in [-0.2, 0) is 5.66 Å². The number of amides is 1. The van der Waals surface area contributed by atoms with Crippen LogP contribution in [0.3, 0.4) is 0 Å². The molecule has 1 amide bonds. The monoisotopic (exact) mass is 396 g/mol. The molecule has 9 heteroatoms. The predicted octanol–water partition coefficient (Wildman–Crippen LogP) is 2.39. The molecule has 0 saturated heterocycles. The normalized spacial score (nSPS) is 17.9. The molecule has 0 spiro atoms. The summed E-state index contributed by atoms with van der Waals surface area (Å²) in [7, 11) is 0. The number of anilines is 3. The first-order chi connectivity index (χ1) is 13.3. The Morgan fingerprint density at radius 3 is 2.71 bits per heavy atom. The number of nitrogens with one attached hydrogen (secondary N) is 2. The van der Waals surface area contributed by atoms with Gasteiger partial charge in [-0.25, -0.2) is 9.97 Å². The average Bonchev–Trinajstić information content (AvgIpc) is 2.92. The Bertz CT molecular complexity index is 1180. The van der Waals surface area contributed by atoms with Crippen molar-refractivity contribution in [1.29, 1.82) is 0 Å². The summed E-state index contributed by atoms with van der Waals surface area (Å²) in [5.74, 6) is 0.186. The van der Waals surface area contributed by atoms with E-state index < -0.39 is 17.1 Å². The summed E-state index contributed by atoms with van der Waals surface area (Å²) in [4.78, 5) is 33.8. The number of halogens is 1. The molecule has 1 aliphatic heterocycles. The van der Waals surface area contributed by atoms with Crippen molar-refractivity contribution in [3.8, 4) is 0 Å². The summed E-state index contributed by atoms with van der Waals surface area (Å²) in [6, 6.07) is 10.5. The summed E-state index contributed by atoms with van der Waals surface area (Å²) >= 11 is 6.37. The molecular weight excluding hydrogens is 380 g/mol. The van der Waals surface area contributed by atoms with Crippen LogP contribution < -0.4 is 21.9 Å². The highest BCUT2D eigenvalue weighted by Gasteiger charge is 2.43. The zero-order valence-electron chi connectivity index (χ0n) is 15.2. The first-order valence-corrected chi connectivity index (χ1v) is 8.87. The van der Waals surface area contributed by atoms with Crippen molar-refractivity contribution in [2.75, 3.05) is 11.1 Å². The van der Waals surface area contributed by atoms with Crippen LogP contribution in [0.4, 0.5) is 17.3 Å². The van der Waals surface area contributed by atoms with Gasteiger partial charge in [0.15, 0.2) is 0 Å². The topological polar surface area (TPSA) is 115 Å². The molecule has 2 aromatic heterocycles. The number of carbonyl (C=O) groups excluding carboxylic acids is 1. The van der Waals surface area contributed by atoms with Gasteiger partial charge in [0.25, 0.3) is 11.5 Å². The largest absolute Gasteiger partial charge is 0.384 e. The number of hydrogen-bond donors (Lipinski definition) is 3. The molecule has 142 valence electrons. The van der Waals surface area contributed by atoms with Crippen LogP contribution in [0.25, 0.3) is 0 Å². The molecule has 28 heavy (non-hydrogen) atoms. The van der Waals surface area contributed by atoms with E-state index in [1.54, 1.807) is 6.92 Å². The molecule has 1 aliphatic rings. The first-order valence-electron chi connectivity index (χ1n) is 8.50. The first kappa shape index (κ1) is 18.0. The van der Waals surface area contributed by atoms with Gasteiger partial charge in [0, 0.05) is 6.07 Å². The summed E-state index contributed by atoms with van der Waals surface area (Å²) in [6.45, 7) is 3.71. The number of hydrogen-bond acceptors (Lipinski definition) is 6. The van der Waals surface area contributed by atoms with Gasteiger partial charge >= 0.3 is 0 Å². The summed E-state index contributed by atoms with van der Waals surface area (Å²) < 4.78 is 1.37. The number of fused-ring (bicyclic) bond motifs is 1. The maximum absolute atomic E-state index is 13.3.